The van der Waals surface area contributed by atoms with Crippen molar-refractivity contribution in [2.75, 3.05) is 11.9 Å². The number of hydrogen-bond acceptors (Lipinski definition) is 2. The average molecular weight is 323 g/mol. The quantitative estimate of drug-likeness (QED) is 0.862. The molecule has 3 nitrogen and oxygen atoms in total. The molecule has 0 saturated carbocycles. The smallest absolute Gasteiger partial charge is 0.238 e. The summed E-state index contributed by atoms with van der Waals surface area (Å²) in [5, 5.41) is 7.25. The standard InChI is InChI=1S/C16H16Cl2N2O/c1-11(12-5-7-13(17)8-6-12)19-10-16(21)20-15-4-2-3-14(18)9-15/h2-9,11,19H,10H2,1H3,(H,20,21)/t11-/m0/s1. The van der Waals surface area contributed by atoms with Crippen LogP contribution in [0.4, 0.5) is 5.69 Å². The molecule has 0 saturated heterocycles. The monoisotopic (exact) mass is 322 g/mol. The Morgan fingerprint density at radius 1 is 1.10 bits per heavy atom. The van der Waals surface area contributed by atoms with E-state index in [0.717, 1.165) is 5.56 Å². The van der Waals surface area contributed by atoms with Gasteiger partial charge in [0.25, 0.3) is 0 Å². The molecular weight excluding hydrogens is 307 g/mol. The molecule has 110 valence electrons. The zero-order valence-corrected chi connectivity index (χ0v) is 13.1. The molecule has 0 aromatic heterocycles. The first-order chi connectivity index (χ1) is 10.0. The number of benzene rings is 2. The number of carbonyl (C=O) groups excluding carboxylic acids is 1. The highest BCUT2D eigenvalue weighted by molar-refractivity contribution is 6.31. The van der Waals surface area contributed by atoms with Gasteiger partial charge in [-0.15, -0.1) is 0 Å². The van der Waals surface area contributed by atoms with Crippen LogP contribution in [-0.4, -0.2) is 12.5 Å². The summed E-state index contributed by atoms with van der Waals surface area (Å²) in [5.41, 5.74) is 1.77. The predicted molar refractivity (Wildman–Crippen MR) is 88.0 cm³/mol. The summed E-state index contributed by atoms with van der Waals surface area (Å²) in [6.45, 7) is 2.21. The van der Waals surface area contributed by atoms with Gasteiger partial charge in [-0.25, -0.2) is 0 Å². The highest BCUT2D eigenvalue weighted by Crippen LogP contribution is 2.16. The zero-order valence-electron chi connectivity index (χ0n) is 11.6. The van der Waals surface area contributed by atoms with E-state index in [-0.39, 0.29) is 18.5 Å². The number of halogens is 2. The third-order valence-corrected chi connectivity index (χ3v) is 3.53. The van der Waals surface area contributed by atoms with E-state index in [4.69, 9.17) is 23.2 Å². The van der Waals surface area contributed by atoms with Crippen LogP contribution in [0.2, 0.25) is 10.0 Å². The van der Waals surface area contributed by atoms with Crippen molar-refractivity contribution in [3.8, 4) is 0 Å². The van der Waals surface area contributed by atoms with Gasteiger partial charge >= 0.3 is 0 Å². The van der Waals surface area contributed by atoms with Gasteiger partial charge in [-0.1, -0.05) is 41.4 Å². The number of anilines is 1. The maximum absolute atomic E-state index is 11.9. The van der Waals surface area contributed by atoms with Crippen LogP contribution < -0.4 is 10.6 Å². The van der Waals surface area contributed by atoms with Gasteiger partial charge in [-0.3, -0.25) is 4.79 Å². The Morgan fingerprint density at radius 3 is 2.48 bits per heavy atom. The van der Waals surface area contributed by atoms with Gasteiger partial charge in [0.2, 0.25) is 5.91 Å². The summed E-state index contributed by atoms with van der Waals surface area (Å²) in [7, 11) is 0. The minimum absolute atomic E-state index is 0.0624. The summed E-state index contributed by atoms with van der Waals surface area (Å²) in [6, 6.07) is 14.7. The first kappa shape index (κ1) is 15.8. The molecular formula is C16H16Cl2N2O. The lowest BCUT2D eigenvalue weighted by molar-refractivity contribution is -0.115. The molecule has 2 N–H and O–H groups in total. The van der Waals surface area contributed by atoms with Gasteiger partial charge < -0.3 is 10.6 Å². The third-order valence-electron chi connectivity index (χ3n) is 3.05. The van der Waals surface area contributed by atoms with Crippen LogP contribution in [0.25, 0.3) is 0 Å². The van der Waals surface area contributed by atoms with Crippen LogP contribution in [0.15, 0.2) is 48.5 Å². The Bertz CT molecular complexity index is 614. The molecule has 2 aromatic rings. The molecule has 0 radical (unpaired) electrons. The molecule has 0 aliphatic heterocycles. The van der Waals surface area contributed by atoms with Gasteiger partial charge in [0.15, 0.2) is 0 Å². The first-order valence-corrected chi connectivity index (χ1v) is 7.34. The van der Waals surface area contributed by atoms with Crippen molar-refractivity contribution in [1.82, 2.24) is 5.32 Å². The van der Waals surface area contributed by atoms with E-state index in [1.54, 1.807) is 24.3 Å². The SMILES string of the molecule is C[C@H](NCC(=O)Nc1cccc(Cl)c1)c1ccc(Cl)cc1. The van der Waals surface area contributed by atoms with Crippen molar-refractivity contribution >= 4 is 34.8 Å². The molecule has 0 unspecified atom stereocenters. The van der Waals surface area contributed by atoms with E-state index < -0.39 is 0 Å². The largest absolute Gasteiger partial charge is 0.325 e. The molecule has 0 aliphatic carbocycles. The van der Waals surface area contributed by atoms with Gasteiger partial charge in [-0.2, -0.15) is 0 Å². The number of rotatable bonds is 5. The second-order valence-corrected chi connectivity index (χ2v) is 5.59. The molecule has 2 aromatic carbocycles. The number of hydrogen-bond donors (Lipinski definition) is 2. The Morgan fingerprint density at radius 2 is 1.81 bits per heavy atom. The van der Waals surface area contributed by atoms with Gasteiger partial charge in [0, 0.05) is 21.8 Å². The van der Waals surface area contributed by atoms with Crippen molar-refractivity contribution in [3.05, 3.63) is 64.1 Å². The van der Waals surface area contributed by atoms with E-state index in [1.165, 1.54) is 0 Å². The number of nitrogens with one attached hydrogen (secondary N) is 2. The van der Waals surface area contributed by atoms with Crippen molar-refractivity contribution in [3.63, 3.8) is 0 Å². The van der Waals surface area contributed by atoms with E-state index in [0.29, 0.717) is 15.7 Å². The summed E-state index contributed by atoms with van der Waals surface area (Å²) < 4.78 is 0. The van der Waals surface area contributed by atoms with Gasteiger partial charge in [0.1, 0.15) is 0 Å². The summed E-state index contributed by atoms with van der Waals surface area (Å²) >= 11 is 11.7. The lowest BCUT2D eigenvalue weighted by atomic mass is 10.1. The summed E-state index contributed by atoms with van der Waals surface area (Å²) in [6.07, 6.45) is 0. The van der Waals surface area contributed by atoms with Crippen molar-refractivity contribution in [2.45, 2.75) is 13.0 Å². The molecule has 0 aliphatic rings. The van der Waals surface area contributed by atoms with Crippen molar-refractivity contribution < 1.29 is 4.79 Å². The second kappa shape index (κ2) is 7.46. The minimum Gasteiger partial charge on any atom is -0.325 e. The minimum atomic E-state index is -0.113. The lowest BCUT2D eigenvalue weighted by Gasteiger charge is -2.14. The highest BCUT2D eigenvalue weighted by atomic mass is 35.5. The molecule has 1 amide bonds. The van der Waals surface area contributed by atoms with Gasteiger partial charge in [0.05, 0.1) is 6.54 Å². The maximum atomic E-state index is 11.9. The molecule has 5 heteroatoms. The van der Waals surface area contributed by atoms with E-state index in [2.05, 4.69) is 10.6 Å². The van der Waals surface area contributed by atoms with E-state index in [9.17, 15) is 4.79 Å². The third kappa shape index (κ3) is 5.05. The van der Waals surface area contributed by atoms with Crippen molar-refractivity contribution in [2.24, 2.45) is 0 Å². The van der Waals surface area contributed by atoms with Crippen LogP contribution in [-0.2, 0) is 4.79 Å². The summed E-state index contributed by atoms with van der Waals surface area (Å²) in [5.74, 6) is -0.113. The fraction of sp³-hybridized carbons (Fsp3) is 0.188. The molecule has 2 rings (SSSR count). The highest BCUT2D eigenvalue weighted by Gasteiger charge is 2.08. The average Bonchev–Trinajstić information content (AvgIpc) is 2.45. The molecule has 0 fully saturated rings. The van der Waals surface area contributed by atoms with Crippen LogP contribution in [0, 0.1) is 0 Å². The first-order valence-electron chi connectivity index (χ1n) is 6.59. The second-order valence-electron chi connectivity index (χ2n) is 4.71. The zero-order chi connectivity index (χ0) is 15.2. The Labute approximate surface area is 134 Å². The van der Waals surface area contributed by atoms with Gasteiger partial charge in [-0.05, 0) is 42.8 Å². The maximum Gasteiger partial charge on any atom is 0.238 e. The topological polar surface area (TPSA) is 41.1 Å². The normalized spacial score (nSPS) is 12.0. The van der Waals surface area contributed by atoms with Crippen LogP contribution >= 0.6 is 23.2 Å². The summed E-state index contributed by atoms with van der Waals surface area (Å²) in [4.78, 5) is 11.9. The Balaban J connectivity index is 1.84. The van der Waals surface area contributed by atoms with E-state index in [1.807, 2.05) is 31.2 Å². The van der Waals surface area contributed by atoms with Crippen LogP contribution in [0.3, 0.4) is 0 Å². The molecule has 1 atom stereocenters. The number of amides is 1. The van der Waals surface area contributed by atoms with E-state index >= 15 is 0 Å². The Kier molecular flexibility index (Phi) is 5.62. The molecule has 0 bridgehead atoms. The molecule has 0 spiro atoms. The Hall–Kier alpha value is -1.55. The van der Waals surface area contributed by atoms with Crippen LogP contribution in [0.1, 0.15) is 18.5 Å². The van der Waals surface area contributed by atoms with Crippen molar-refractivity contribution in [1.29, 1.82) is 0 Å². The number of carbonyl (C=O) groups is 1. The fourth-order valence-electron chi connectivity index (χ4n) is 1.89. The predicted octanol–water partition coefficient (Wildman–Crippen LogP) is 4.28. The lowest BCUT2D eigenvalue weighted by Crippen LogP contribution is -2.30. The fourth-order valence-corrected chi connectivity index (χ4v) is 2.20. The molecule has 0 heterocycles. The van der Waals surface area contributed by atoms with Crippen LogP contribution in [0.5, 0.6) is 0 Å². The molecule has 21 heavy (non-hydrogen) atoms.